The summed E-state index contributed by atoms with van der Waals surface area (Å²) in [7, 11) is 0. The van der Waals surface area contributed by atoms with Gasteiger partial charge in [-0.2, -0.15) is 0 Å². The van der Waals surface area contributed by atoms with Gasteiger partial charge in [0.2, 0.25) is 17.7 Å². The van der Waals surface area contributed by atoms with Gasteiger partial charge in [-0.05, 0) is 56.8 Å². The second-order valence-corrected chi connectivity index (χ2v) is 12.2. The third-order valence-electron chi connectivity index (χ3n) is 8.84. The summed E-state index contributed by atoms with van der Waals surface area (Å²) in [6.45, 7) is 4.75. The molecule has 1 aliphatic carbocycles. The molecule has 37 heavy (non-hydrogen) atoms. The van der Waals surface area contributed by atoms with Crippen molar-refractivity contribution in [1.82, 2.24) is 14.7 Å². The Bertz CT molecular complexity index is 912. The largest absolute Gasteiger partial charge is 0.389 e. The highest BCUT2D eigenvalue weighted by Gasteiger charge is 2.44. The Morgan fingerprint density at radius 3 is 1.73 bits per heavy atom. The summed E-state index contributed by atoms with van der Waals surface area (Å²) in [5, 5.41) is 9.28. The molecule has 0 aromatic rings. The van der Waals surface area contributed by atoms with Crippen molar-refractivity contribution in [1.29, 1.82) is 0 Å². The number of hydrogen-bond donors (Lipinski definition) is 1. The molecule has 0 radical (unpaired) electrons. The van der Waals surface area contributed by atoms with E-state index < -0.39 is 24.1 Å². The van der Waals surface area contributed by atoms with Crippen molar-refractivity contribution in [3.05, 3.63) is 0 Å². The third kappa shape index (κ3) is 6.07. The smallest absolute Gasteiger partial charge is 0.245 e. The van der Waals surface area contributed by atoms with Crippen LogP contribution in [0.25, 0.3) is 0 Å². The topological polar surface area (TPSA) is 115 Å². The van der Waals surface area contributed by atoms with Crippen LogP contribution in [-0.4, -0.2) is 93.5 Å². The molecule has 0 spiro atoms. The van der Waals surface area contributed by atoms with Crippen molar-refractivity contribution >= 4 is 29.3 Å². The molecular weight excluding hydrogens is 474 g/mol. The number of likely N-dealkylation sites (tertiary alicyclic amines) is 3. The van der Waals surface area contributed by atoms with Crippen LogP contribution in [0.4, 0.5) is 0 Å². The van der Waals surface area contributed by atoms with Gasteiger partial charge in [-0.1, -0.05) is 26.7 Å². The molecule has 3 aliphatic heterocycles. The molecule has 1 N–H and O–H groups in total. The average Bonchev–Trinajstić information content (AvgIpc) is 3.68. The van der Waals surface area contributed by atoms with Gasteiger partial charge in [0.1, 0.15) is 12.6 Å². The van der Waals surface area contributed by atoms with Crippen LogP contribution in [0.1, 0.15) is 90.9 Å². The lowest BCUT2D eigenvalue weighted by molar-refractivity contribution is -0.148. The monoisotopic (exact) mass is 517 g/mol. The van der Waals surface area contributed by atoms with Crippen molar-refractivity contribution in [2.75, 3.05) is 26.2 Å². The molecule has 9 nitrogen and oxygen atoms in total. The molecule has 9 heteroatoms. The molecule has 0 unspecified atom stereocenters. The molecule has 0 aromatic heterocycles. The first kappa shape index (κ1) is 27.7. The first-order valence-corrected chi connectivity index (χ1v) is 14.2. The van der Waals surface area contributed by atoms with Crippen LogP contribution in [0.5, 0.6) is 0 Å². The zero-order chi connectivity index (χ0) is 26.7. The molecule has 206 valence electrons. The second kappa shape index (κ2) is 11.6. The van der Waals surface area contributed by atoms with Crippen LogP contribution in [0.2, 0.25) is 0 Å². The van der Waals surface area contributed by atoms with Crippen molar-refractivity contribution < 1.29 is 29.1 Å². The molecule has 3 atom stereocenters. The number of nitrogens with zero attached hydrogens (tertiary/aromatic N) is 3. The Kier molecular flexibility index (Phi) is 8.71. The van der Waals surface area contributed by atoms with E-state index in [4.69, 9.17) is 0 Å². The number of amides is 3. The minimum atomic E-state index is -0.614. The second-order valence-electron chi connectivity index (χ2n) is 12.2. The number of hydrogen-bond acceptors (Lipinski definition) is 6. The first-order chi connectivity index (χ1) is 17.6. The Labute approximate surface area is 219 Å². The maximum atomic E-state index is 13.4. The van der Waals surface area contributed by atoms with Gasteiger partial charge in [0.05, 0.1) is 12.1 Å². The Balaban J connectivity index is 1.35. The standard InChI is InChI=1S/C28H43N3O6/c1-28(2,16-24(34)29-13-6-11-21(29)26(36)19-8-3-4-9-19)17-25(35)30-14-7-12-22(30)27(37)31-15-5-10-20(31)23(33)18-32/h19-22,32H,3-18H2,1-2H3/t20-,21-,22-/m0/s1. The van der Waals surface area contributed by atoms with E-state index in [1.165, 1.54) is 0 Å². The summed E-state index contributed by atoms with van der Waals surface area (Å²) in [4.78, 5) is 70.1. The molecule has 3 heterocycles. The highest BCUT2D eigenvalue weighted by Crippen LogP contribution is 2.34. The first-order valence-electron chi connectivity index (χ1n) is 14.2. The van der Waals surface area contributed by atoms with Gasteiger partial charge in [0.25, 0.3) is 0 Å². The van der Waals surface area contributed by atoms with E-state index in [0.29, 0.717) is 45.3 Å². The molecule has 1 saturated carbocycles. The molecule has 4 aliphatic rings. The van der Waals surface area contributed by atoms with E-state index in [0.717, 1.165) is 38.5 Å². The molecule has 3 saturated heterocycles. The van der Waals surface area contributed by atoms with Crippen molar-refractivity contribution in [2.45, 2.75) is 109 Å². The highest BCUT2D eigenvalue weighted by molar-refractivity contribution is 5.94. The van der Waals surface area contributed by atoms with E-state index in [1.54, 1.807) is 14.7 Å². The van der Waals surface area contributed by atoms with Crippen LogP contribution >= 0.6 is 0 Å². The third-order valence-corrected chi connectivity index (χ3v) is 8.84. The molecule has 0 bridgehead atoms. The van der Waals surface area contributed by atoms with Crippen LogP contribution in [-0.2, 0) is 24.0 Å². The maximum absolute atomic E-state index is 13.4. The summed E-state index contributed by atoms with van der Waals surface area (Å²) in [5.41, 5.74) is -0.614. The van der Waals surface area contributed by atoms with Gasteiger partial charge in [0.15, 0.2) is 11.6 Å². The molecule has 4 rings (SSSR count). The number of ketones is 2. The Morgan fingerprint density at radius 1 is 0.676 bits per heavy atom. The zero-order valence-electron chi connectivity index (χ0n) is 22.5. The molecular formula is C28H43N3O6. The summed E-state index contributed by atoms with van der Waals surface area (Å²) < 4.78 is 0. The van der Waals surface area contributed by atoms with Crippen LogP contribution < -0.4 is 0 Å². The molecule has 4 fully saturated rings. The van der Waals surface area contributed by atoms with E-state index in [9.17, 15) is 29.1 Å². The average molecular weight is 518 g/mol. The highest BCUT2D eigenvalue weighted by atomic mass is 16.3. The number of aliphatic hydroxyl groups excluding tert-OH is 1. The van der Waals surface area contributed by atoms with Crippen molar-refractivity contribution in [2.24, 2.45) is 11.3 Å². The summed E-state index contributed by atoms with van der Waals surface area (Å²) in [6, 6.07) is -1.53. The minimum Gasteiger partial charge on any atom is -0.389 e. The van der Waals surface area contributed by atoms with E-state index >= 15 is 0 Å². The summed E-state index contributed by atoms with van der Waals surface area (Å²) in [6.07, 6.45) is 8.43. The predicted molar refractivity (Wildman–Crippen MR) is 136 cm³/mol. The van der Waals surface area contributed by atoms with Gasteiger partial charge in [0, 0.05) is 38.4 Å². The number of carbonyl (C=O) groups excluding carboxylic acids is 5. The number of aliphatic hydroxyl groups is 1. The maximum Gasteiger partial charge on any atom is 0.245 e. The summed E-state index contributed by atoms with van der Waals surface area (Å²) >= 11 is 0. The molecule has 3 amide bonds. The van der Waals surface area contributed by atoms with Gasteiger partial charge in [-0.15, -0.1) is 0 Å². The zero-order valence-corrected chi connectivity index (χ0v) is 22.5. The normalized spacial score (nSPS) is 26.8. The predicted octanol–water partition coefficient (Wildman–Crippen LogP) is 2.09. The van der Waals surface area contributed by atoms with E-state index in [-0.39, 0.29) is 54.1 Å². The SMILES string of the molecule is CC(C)(CC(=O)N1CCC[C@H]1C(=O)C1CCCC1)CC(=O)N1CCC[C@H]1C(=O)N1CCC[C@H]1C(=O)CO. The Hall–Kier alpha value is -2.29. The van der Waals surface area contributed by atoms with E-state index in [2.05, 4.69) is 0 Å². The van der Waals surface area contributed by atoms with Crippen molar-refractivity contribution in [3.63, 3.8) is 0 Å². The minimum absolute atomic E-state index is 0.0666. The van der Waals surface area contributed by atoms with E-state index in [1.807, 2.05) is 13.8 Å². The lowest BCUT2D eigenvalue weighted by Crippen LogP contribution is -2.51. The fraction of sp³-hybridized carbons (Fsp3) is 0.821. The van der Waals surface area contributed by atoms with Crippen molar-refractivity contribution in [3.8, 4) is 0 Å². The van der Waals surface area contributed by atoms with Crippen LogP contribution in [0, 0.1) is 11.3 Å². The van der Waals surface area contributed by atoms with Gasteiger partial charge in [-0.3, -0.25) is 24.0 Å². The number of carbonyl (C=O) groups is 5. The van der Waals surface area contributed by atoms with Crippen LogP contribution in [0.3, 0.4) is 0 Å². The van der Waals surface area contributed by atoms with Crippen LogP contribution in [0.15, 0.2) is 0 Å². The summed E-state index contributed by atoms with van der Waals surface area (Å²) in [5.74, 6) is -0.487. The number of rotatable bonds is 9. The lowest BCUT2D eigenvalue weighted by Gasteiger charge is -2.34. The Morgan fingerprint density at radius 2 is 1.16 bits per heavy atom. The lowest BCUT2D eigenvalue weighted by atomic mass is 9.84. The number of Topliss-reactive ketones (excluding diaryl/α,β-unsaturated/α-hetero) is 2. The fourth-order valence-corrected chi connectivity index (χ4v) is 6.91. The molecule has 0 aromatic carbocycles. The van der Waals surface area contributed by atoms with Gasteiger partial charge in [-0.25, -0.2) is 0 Å². The fourth-order valence-electron chi connectivity index (χ4n) is 6.91. The van der Waals surface area contributed by atoms with Gasteiger partial charge >= 0.3 is 0 Å². The quantitative estimate of drug-likeness (QED) is 0.501. The van der Waals surface area contributed by atoms with Gasteiger partial charge < -0.3 is 19.8 Å².